The van der Waals surface area contributed by atoms with Crippen molar-refractivity contribution in [3.63, 3.8) is 0 Å². The molecule has 1 aliphatic heterocycles. The van der Waals surface area contributed by atoms with Crippen LogP contribution in [0.2, 0.25) is 0 Å². The minimum absolute atomic E-state index is 0.574. The van der Waals surface area contributed by atoms with Gasteiger partial charge in [0.05, 0.1) is 11.7 Å². The normalized spacial score (nSPS) is 19.3. The van der Waals surface area contributed by atoms with E-state index in [1.807, 2.05) is 13.1 Å². The molecule has 1 saturated heterocycles. The molecule has 0 unspecified atom stereocenters. The largest absolute Gasteiger partial charge is 0.396 e. The zero-order valence-electron chi connectivity index (χ0n) is 17.9. The van der Waals surface area contributed by atoms with Gasteiger partial charge in [-0.1, -0.05) is 36.0 Å². The highest BCUT2D eigenvalue weighted by atomic mass is 16.6. The van der Waals surface area contributed by atoms with Crippen LogP contribution in [0.3, 0.4) is 0 Å². The number of nitrogens with one attached hydrogen (secondary N) is 1. The molecule has 2 aromatic rings. The first-order valence-corrected chi connectivity index (χ1v) is 11.3. The highest BCUT2D eigenvalue weighted by Crippen LogP contribution is 2.27. The smallest absolute Gasteiger partial charge is 0.138 e. The van der Waals surface area contributed by atoms with Gasteiger partial charge in [-0.15, -0.1) is 0 Å². The maximum absolute atomic E-state index is 5.23. The summed E-state index contributed by atoms with van der Waals surface area (Å²) in [6, 6.07) is 10.0. The number of hydrogen-bond acceptors (Lipinski definition) is 5. The van der Waals surface area contributed by atoms with Gasteiger partial charge in [-0.3, -0.25) is 0 Å². The molecular formula is C24H34N4O. The minimum atomic E-state index is 0.574. The minimum Gasteiger partial charge on any atom is -0.396 e. The van der Waals surface area contributed by atoms with E-state index in [0.29, 0.717) is 12.6 Å². The van der Waals surface area contributed by atoms with Gasteiger partial charge >= 0.3 is 0 Å². The van der Waals surface area contributed by atoms with Crippen LogP contribution in [0.15, 0.2) is 29.4 Å². The van der Waals surface area contributed by atoms with Crippen LogP contribution in [0.1, 0.15) is 63.0 Å². The second-order valence-corrected chi connectivity index (χ2v) is 8.51. The Morgan fingerprint density at radius 2 is 1.86 bits per heavy atom. The Morgan fingerprint density at radius 3 is 2.62 bits per heavy atom. The number of aryl methyl sites for hydroxylation is 1. The lowest BCUT2D eigenvalue weighted by Gasteiger charge is -2.36. The lowest BCUT2D eigenvalue weighted by atomic mass is 9.93. The van der Waals surface area contributed by atoms with Crippen LogP contribution in [0, 0.1) is 6.92 Å². The molecule has 2 heterocycles. The average Bonchev–Trinajstić information content (AvgIpc) is 2.75. The number of aromatic nitrogens is 1. The van der Waals surface area contributed by atoms with E-state index < -0.39 is 0 Å². The summed E-state index contributed by atoms with van der Waals surface area (Å²) in [6.45, 7) is 6.70. The molecule has 1 aromatic heterocycles. The first-order chi connectivity index (χ1) is 14.2. The Hall–Kier alpha value is -2.14. The molecule has 5 nitrogen and oxygen atoms in total. The summed E-state index contributed by atoms with van der Waals surface area (Å²) < 4.78 is 0. The molecule has 1 aromatic carbocycles. The summed E-state index contributed by atoms with van der Waals surface area (Å²) in [7, 11) is 0. The van der Waals surface area contributed by atoms with Crippen molar-refractivity contribution in [2.75, 3.05) is 24.6 Å². The maximum atomic E-state index is 5.23. The van der Waals surface area contributed by atoms with Gasteiger partial charge in [0.15, 0.2) is 0 Å². The van der Waals surface area contributed by atoms with Crippen molar-refractivity contribution in [3.05, 3.63) is 35.4 Å². The summed E-state index contributed by atoms with van der Waals surface area (Å²) in [5.74, 6) is 1.03. The molecule has 0 atom stereocenters. The summed E-state index contributed by atoms with van der Waals surface area (Å²) >= 11 is 0. The molecule has 2 fully saturated rings. The van der Waals surface area contributed by atoms with Crippen LogP contribution in [0.5, 0.6) is 0 Å². The monoisotopic (exact) mass is 394 g/mol. The molecular weight excluding hydrogens is 360 g/mol. The third kappa shape index (κ3) is 5.08. The van der Waals surface area contributed by atoms with E-state index in [0.717, 1.165) is 41.4 Å². The molecule has 0 amide bonds. The molecule has 4 rings (SSSR count). The third-order valence-corrected chi connectivity index (χ3v) is 6.25. The van der Waals surface area contributed by atoms with Crippen molar-refractivity contribution >= 4 is 22.9 Å². The quantitative estimate of drug-likeness (QED) is 0.564. The van der Waals surface area contributed by atoms with Gasteiger partial charge in [-0.2, -0.15) is 0 Å². The zero-order chi connectivity index (χ0) is 20.1. The fourth-order valence-corrected chi connectivity index (χ4v) is 4.68. The van der Waals surface area contributed by atoms with Crippen molar-refractivity contribution in [1.29, 1.82) is 0 Å². The van der Waals surface area contributed by atoms with Crippen molar-refractivity contribution in [3.8, 4) is 0 Å². The average molecular weight is 395 g/mol. The highest BCUT2D eigenvalue weighted by molar-refractivity contribution is 5.93. The van der Waals surface area contributed by atoms with E-state index in [-0.39, 0.29) is 0 Å². The molecule has 2 aliphatic rings. The highest BCUT2D eigenvalue weighted by Gasteiger charge is 2.24. The number of piperidine rings is 1. The van der Waals surface area contributed by atoms with Gasteiger partial charge in [-0.25, -0.2) is 4.98 Å². The molecule has 5 heteroatoms. The molecule has 156 valence electrons. The third-order valence-electron chi connectivity index (χ3n) is 6.25. The van der Waals surface area contributed by atoms with Crippen molar-refractivity contribution in [2.45, 2.75) is 70.9 Å². The van der Waals surface area contributed by atoms with Gasteiger partial charge in [0.1, 0.15) is 12.4 Å². The molecule has 0 radical (unpaired) electrons. The van der Waals surface area contributed by atoms with Crippen LogP contribution >= 0.6 is 0 Å². The Labute approximate surface area is 174 Å². The standard InChI is InChI=1S/C24H34N4O/c1-3-29-25-17-20-16-19-15-18(2)9-10-23(19)27-24(20)28-13-11-22(12-14-28)26-21-7-5-4-6-8-21/h9-10,15-17,21-22,26H,3-8,11-14H2,1-2H3. The Morgan fingerprint density at radius 1 is 1.10 bits per heavy atom. The number of nitrogens with zero attached hydrogens (tertiary/aromatic N) is 3. The van der Waals surface area contributed by atoms with E-state index in [1.54, 1.807) is 0 Å². The number of oxime groups is 1. The predicted octanol–water partition coefficient (Wildman–Crippen LogP) is 4.80. The van der Waals surface area contributed by atoms with E-state index >= 15 is 0 Å². The molecule has 0 bridgehead atoms. The zero-order valence-corrected chi connectivity index (χ0v) is 17.9. The van der Waals surface area contributed by atoms with Crippen molar-refractivity contribution in [1.82, 2.24) is 10.3 Å². The Kier molecular flexibility index (Phi) is 6.65. The van der Waals surface area contributed by atoms with E-state index in [4.69, 9.17) is 9.82 Å². The van der Waals surface area contributed by atoms with E-state index in [1.165, 1.54) is 50.5 Å². The lowest BCUT2D eigenvalue weighted by Crippen LogP contribution is -2.47. The van der Waals surface area contributed by atoms with Crippen molar-refractivity contribution in [2.24, 2.45) is 5.16 Å². The molecule has 1 aliphatic carbocycles. The second kappa shape index (κ2) is 9.57. The molecule has 1 saturated carbocycles. The van der Waals surface area contributed by atoms with Crippen LogP contribution in [0.25, 0.3) is 10.9 Å². The summed E-state index contributed by atoms with van der Waals surface area (Å²) in [4.78, 5) is 12.7. The topological polar surface area (TPSA) is 49.8 Å². The number of benzene rings is 1. The molecule has 1 N–H and O–H groups in total. The number of anilines is 1. The maximum Gasteiger partial charge on any atom is 0.138 e. The summed E-state index contributed by atoms with van der Waals surface area (Å²) in [6.07, 6.45) is 11.1. The van der Waals surface area contributed by atoms with Gasteiger partial charge in [-0.05, 0) is 57.7 Å². The van der Waals surface area contributed by atoms with Crippen molar-refractivity contribution < 1.29 is 4.84 Å². The Bertz CT molecular complexity index is 836. The van der Waals surface area contributed by atoms with E-state index in [9.17, 15) is 0 Å². The number of pyridine rings is 1. The summed E-state index contributed by atoms with van der Waals surface area (Å²) in [5.41, 5.74) is 3.33. The first-order valence-electron chi connectivity index (χ1n) is 11.3. The van der Waals surface area contributed by atoms with Gasteiger partial charge in [0.25, 0.3) is 0 Å². The first kappa shape index (κ1) is 20.1. The number of fused-ring (bicyclic) bond motifs is 1. The van der Waals surface area contributed by atoms with Gasteiger partial charge in [0.2, 0.25) is 0 Å². The SMILES string of the molecule is CCON=Cc1cc2cc(C)ccc2nc1N1CCC(NC2CCCCC2)CC1. The molecule has 0 spiro atoms. The predicted molar refractivity (Wildman–Crippen MR) is 121 cm³/mol. The van der Waals surface area contributed by atoms with Gasteiger partial charge in [0, 0.05) is 36.1 Å². The lowest BCUT2D eigenvalue weighted by molar-refractivity contribution is 0.160. The van der Waals surface area contributed by atoms with E-state index in [2.05, 4.69) is 46.6 Å². The molecule has 29 heavy (non-hydrogen) atoms. The van der Waals surface area contributed by atoms with Crippen LogP contribution in [-0.4, -0.2) is 43.0 Å². The second-order valence-electron chi connectivity index (χ2n) is 8.51. The van der Waals surface area contributed by atoms with Crippen LogP contribution in [-0.2, 0) is 4.84 Å². The number of rotatable bonds is 6. The van der Waals surface area contributed by atoms with Crippen LogP contribution < -0.4 is 10.2 Å². The fraction of sp³-hybridized carbons (Fsp3) is 0.583. The summed E-state index contributed by atoms with van der Waals surface area (Å²) in [5, 5.41) is 9.22. The van der Waals surface area contributed by atoms with Crippen LogP contribution in [0.4, 0.5) is 5.82 Å². The Balaban J connectivity index is 1.50. The fourth-order valence-electron chi connectivity index (χ4n) is 4.68. The number of hydrogen-bond donors (Lipinski definition) is 1. The van der Waals surface area contributed by atoms with Gasteiger partial charge < -0.3 is 15.1 Å².